The summed E-state index contributed by atoms with van der Waals surface area (Å²) in [5.41, 5.74) is 0.178. The van der Waals surface area contributed by atoms with Crippen molar-refractivity contribution in [3.8, 4) is 0 Å². The lowest BCUT2D eigenvalue weighted by atomic mass is 10.2. The monoisotopic (exact) mass is 240 g/mol. The Balaban J connectivity index is 2.29. The van der Waals surface area contributed by atoms with Crippen molar-refractivity contribution < 1.29 is 13.5 Å². The molecule has 0 amide bonds. The maximum absolute atomic E-state index is 13.4. The average molecular weight is 240 g/mol. The molecule has 17 heavy (non-hydrogen) atoms. The predicted molar refractivity (Wildman–Crippen MR) is 60.6 cm³/mol. The molecule has 0 saturated heterocycles. The van der Waals surface area contributed by atoms with Crippen LogP contribution >= 0.6 is 0 Å². The van der Waals surface area contributed by atoms with E-state index in [1.807, 2.05) is 20.8 Å². The Morgan fingerprint density at radius 1 is 1.29 bits per heavy atom. The van der Waals surface area contributed by atoms with Crippen molar-refractivity contribution in [2.45, 2.75) is 33.0 Å². The summed E-state index contributed by atoms with van der Waals surface area (Å²) in [7, 11) is 0. The van der Waals surface area contributed by atoms with Gasteiger partial charge in [-0.25, -0.2) is 13.8 Å². The quantitative estimate of drug-likeness (QED) is 0.875. The highest BCUT2D eigenvalue weighted by atomic mass is 19.1. The van der Waals surface area contributed by atoms with Crippen LogP contribution in [0.1, 0.15) is 26.6 Å². The van der Waals surface area contributed by atoms with Gasteiger partial charge in [-0.2, -0.15) is 0 Å². The lowest BCUT2D eigenvalue weighted by Gasteiger charge is -2.18. The van der Waals surface area contributed by atoms with Gasteiger partial charge in [0.15, 0.2) is 5.82 Å². The van der Waals surface area contributed by atoms with Gasteiger partial charge in [-0.1, -0.05) is 0 Å². The van der Waals surface area contributed by atoms with Gasteiger partial charge in [0, 0.05) is 6.07 Å². The third-order valence-electron chi connectivity index (χ3n) is 2.20. The van der Waals surface area contributed by atoms with E-state index in [0.29, 0.717) is 11.3 Å². The predicted octanol–water partition coefficient (Wildman–Crippen LogP) is 3.16. The highest BCUT2D eigenvalue weighted by Crippen LogP contribution is 2.18. The van der Waals surface area contributed by atoms with Gasteiger partial charge in [0.25, 0.3) is 0 Å². The van der Waals surface area contributed by atoms with Crippen LogP contribution in [0.4, 0.5) is 8.78 Å². The fourth-order valence-corrected chi connectivity index (χ4v) is 1.45. The van der Waals surface area contributed by atoms with Crippen molar-refractivity contribution in [2.24, 2.45) is 0 Å². The molecule has 0 bridgehead atoms. The maximum Gasteiger partial charge on any atom is 0.153 e. The Hall–Kier alpha value is -1.49. The van der Waals surface area contributed by atoms with Crippen molar-refractivity contribution in [3.63, 3.8) is 0 Å². The van der Waals surface area contributed by atoms with Crippen molar-refractivity contribution in [1.82, 2.24) is 9.97 Å². The molecule has 3 nitrogen and oxygen atoms in total. The highest BCUT2D eigenvalue weighted by Gasteiger charge is 2.13. The second-order valence-electron chi connectivity index (χ2n) is 4.87. The van der Waals surface area contributed by atoms with Gasteiger partial charge in [0.1, 0.15) is 23.8 Å². The Morgan fingerprint density at radius 3 is 2.65 bits per heavy atom. The third-order valence-corrected chi connectivity index (χ3v) is 2.20. The highest BCUT2D eigenvalue weighted by molar-refractivity contribution is 5.75. The summed E-state index contributed by atoms with van der Waals surface area (Å²) in [6.07, 6.45) is 0. The molecule has 1 aromatic carbocycles. The number of aromatic amines is 1. The molecule has 1 heterocycles. The van der Waals surface area contributed by atoms with Gasteiger partial charge in [-0.3, -0.25) is 0 Å². The summed E-state index contributed by atoms with van der Waals surface area (Å²) >= 11 is 0. The van der Waals surface area contributed by atoms with E-state index in [1.54, 1.807) is 0 Å². The van der Waals surface area contributed by atoms with Crippen molar-refractivity contribution in [2.75, 3.05) is 0 Å². The Morgan fingerprint density at radius 2 is 2.00 bits per heavy atom. The van der Waals surface area contributed by atoms with Crippen molar-refractivity contribution in [1.29, 1.82) is 0 Å². The molecule has 0 spiro atoms. The average Bonchev–Trinajstić information content (AvgIpc) is 2.56. The Kier molecular flexibility index (Phi) is 2.87. The minimum atomic E-state index is -0.668. The van der Waals surface area contributed by atoms with E-state index in [1.165, 1.54) is 6.07 Å². The van der Waals surface area contributed by atoms with E-state index >= 15 is 0 Å². The standard InChI is InChI=1S/C12H14F2N2O/c1-12(2,3)17-6-10-15-9-5-7(13)4-8(14)11(9)16-10/h4-5H,6H2,1-3H3,(H,15,16). The number of imidazole rings is 1. The number of rotatable bonds is 2. The smallest absolute Gasteiger partial charge is 0.153 e. The van der Waals surface area contributed by atoms with E-state index in [0.717, 1.165) is 6.07 Å². The molecule has 0 atom stereocenters. The van der Waals surface area contributed by atoms with Gasteiger partial charge < -0.3 is 9.72 Å². The zero-order valence-corrected chi connectivity index (χ0v) is 9.97. The van der Waals surface area contributed by atoms with Crippen LogP contribution in [0.3, 0.4) is 0 Å². The van der Waals surface area contributed by atoms with Crippen LogP contribution in [0, 0.1) is 11.6 Å². The summed E-state index contributed by atoms with van der Waals surface area (Å²) in [5.74, 6) is -0.806. The summed E-state index contributed by atoms with van der Waals surface area (Å²) in [6.45, 7) is 5.97. The van der Waals surface area contributed by atoms with E-state index in [-0.39, 0.29) is 17.7 Å². The number of halogens is 2. The molecule has 0 unspecified atom stereocenters. The van der Waals surface area contributed by atoms with Crippen molar-refractivity contribution >= 4 is 11.0 Å². The summed E-state index contributed by atoms with van der Waals surface area (Å²) < 4.78 is 31.8. The number of hydrogen-bond donors (Lipinski definition) is 1. The molecule has 0 radical (unpaired) electrons. The molecule has 0 fully saturated rings. The number of benzene rings is 1. The number of ether oxygens (including phenoxy) is 1. The number of hydrogen-bond acceptors (Lipinski definition) is 2. The largest absolute Gasteiger partial charge is 0.368 e. The fraction of sp³-hybridized carbons (Fsp3) is 0.417. The van der Waals surface area contributed by atoms with Crippen LogP contribution in [0.2, 0.25) is 0 Å². The van der Waals surface area contributed by atoms with Gasteiger partial charge in [0.2, 0.25) is 0 Å². The van der Waals surface area contributed by atoms with E-state index in [9.17, 15) is 8.78 Å². The summed E-state index contributed by atoms with van der Waals surface area (Å²) in [6, 6.07) is 2.03. The molecule has 2 rings (SSSR count). The lowest BCUT2D eigenvalue weighted by molar-refractivity contribution is -0.0177. The second-order valence-corrected chi connectivity index (χ2v) is 4.87. The van der Waals surface area contributed by atoms with Crippen LogP contribution < -0.4 is 0 Å². The van der Waals surface area contributed by atoms with E-state index in [4.69, 9.17) is 4.74 Å². The molecular weight excluding hydrogens is 226 g/mol. The van der Waals surface area contributed by atoms with Gasteiger partial charge in [0.05, 0.1) is 11.1 Å². The number of nitrogens with zero attached hydrogens (tertiary/aromatic N) is 1. The van der Waals surface area contributed by atoms with Crippen LogP contribution in [0.25, 0.3) is 11.0 Å². The Bertz CT molecular complexity index is 543. The van der Waals surface area contributed by atoms with Gasteiger partial charge >= 0.3 is 0 Å². The molecule has 0 saturated carbocycles. The first-order valence-corrected chi connectivity index (χ1v) is 5.33. The van der Waals surface area contributed by atoms with Crippen LogP contribution in [0.15, 0.2) is 12.1 Å². The normalized spacial score (nSPS) is 12.3. The molecule has 0 aliphatic rings. The molecule has 1 N–H and O–H groups in total. The first kappa shape index (κ1) is 12.0. The fourth-order valence-electron chi connectivity index (χ4n) is 1.45. The molecule has 0 aliphatic carbocycles. The number of aromatic nitrogens is 2. The molecule has 92 valence electrons. The number of nitrogens with one attached hydrogen (secondary N) is 1. The molecule has 1 aromatic heterocycles. The minimum absolute atomic E-state index is 0.138. The van der Waals surface area contributed by atoms with Gasteiger partial charge in [-0.05, 0) is 26.8 Å². The minimum Gasteiger partial charge on any atom is -0.368 e. The Labute approximate surface area is 97.8 Å². The van der Waals surface area contributed by atoms with Crippen molar-refractivity contribution in [3.05, 3.63) is 29.6 Å². The second kappa shape index (κ2) is 4.07. The molecule has 0 aliphatic heterocycles. The summed E-state index contributed by atoms with van der Waals surface area (Å²) in [4.78, 5) is 6.87. The zero-order valence-electron chi connectivity index (χ0n) is 9.97. The van der Waals surface area contributed by atoms with Gasteiger partial charge in [-0.15, -0.1) is 0 Å². The zero-order chi connectivity index (χ0) is 12.6. The van der Waals surface area contributed by atoms with E-state index in [2.05, 4.69) is 9.97 Å². The number of H-pyrrole nitrogens is 1. The maximum atomic E-state index is 13.4. The van der Waals surface area contributed by atoms with Crippen LogP contribution in [0.5, 0.6) is 0 Å². The number of fused-ring (bicyclic) bond motifs is 1. The van der Waals surface area contributed by atoms with E-state index < -0.39 is 11.6 Å². The lowest BCUT2D eigenvalue weighted by Crippen LogP contribution is -2.19. The molecule has 5 heteroatoms. The third kappa shape index (κ3) is 2.79. The molecule has 2 aromatic rings. The first-order chi connectivity index (χ1) is 7.85. The molecular formula is C12H14F2N2O. The first-order valence-electron chi connectivity index (χ1n) is 5.33. The SMILES string of the molecule is CC(C)(C)OCc1nc2c(F)cc(F)cc2[nH]1. The van der Waals surface area contributed by atoms with Crippen LogP contribution in [-0.4, -0.2) is 15.6 Å². The van der Waals surface area contributed by atoms with Crippen LogP contribution in [-0.2, 0) is 11.3 Å². The summed E-state index contributed by atoms with van der Waals surface area (Å²) in [5, 5.41) is 0. The topological polar surface area (TPSA) is 37.9 Å².